The smallest absolute Gasteiger partial charge is 0.251 e. The quantitative estimate of drug-likeness (QED) is 0.900. The number of hydrogen-bond acceptors (Lipinski definition) is 2. The van der Waals surface area contributed by atoms with Crippen molar-refractivity contribution >= 4 is 33.4 Å². The maximum absolute atomic E-state index is 11.8. The standard InChI is InChI=1S/C12H13BrClNO2/c13-9-3-2-8(6-10(9)14)11(16)15-7-12(17)4-1-5-12/h2-3,6,17H,1,4-5,7H2,(H,15,16). The maximum Gasteiger partial charge on any atom is 0.251 e. The third kappa shape index (κ3) is 3.00. The van der Waals surface area contributed by atoms with Crippen molar-refractivity contribution in [2.24, 2.45) is 0 Å². The van der Waals surface area contributed by atoms with Crippen LogP contribution in [0.2, 0.25) is 5.02 Å². The number of rotatable bonds is 3. The molecule has 2 rings (SSSR count). The summed E-state index contributed by atoms with van der Waals surface area (Å²) in [6, 6.07) is 5.03. The molecule has 5 heteroatoms. The average Bonchev–Trinajstić information content (AvgIpc) is 2.27. The van der Waals surface area contributed by atoms with Crippen LogP contribution < -0.4 is 5.32 Å². The fraction of sp³-hybridized carbons (Fsp3) is 0.417. The van der Waals surface area contributed by atoms with Gasteiger partial charge in [-0.15, -0.1) is 0 Å². The molecule has 0 bridgehead atoms. The first-order valence-electron chi connectivity index (χ1n) is 5.46. The van der Waals surface area contributed by atoms with E-state index < -0.39 is 5.60 Å². The third-order valence-electron chi connectivity index (χ3n) is 3.04. The molecule has 0 aliphatic heterocycles. The first-order chi connectivity index (χ1) is 8.00. The van der Waals surface area contributed by atoms with Gasteiger partial charge in [0.2, 0.25) is 0 Å². The molecule has 1 fully saturated rings. The highest BCUT2D eigenvalue weighted by molar-refractivity contribution is 9.10. The van der Waals surface area contributed by atoms with E-state index in [1.54, 1.807) is 18.2 Å². The Hall–Kier alpha value is -0.580. The fourth-order valence-electron chi connectivity index (χ4n) is 1.75. The molecule has 0 spiro atoms. The van der Waals surface area contributed by atoms with Crippen LogP contribution in [-0.4, -0.2) is 23.2 Å². The lowest BCUT2D eigenvalue weighted by atomic mass is 9.80. The maximum atomic E-state index is 11.8. The minimum absolute atomic E-state index is 0.209. The van der Waals surface area contributed by atoms with Crippen LogP contribution in [0.4, 0.5) is 0 Å². The lowest BCUT2D eigenvalue weighted by molar-refractivity contribution is -0.0300. The molecule has 2 N–H and O–H groups in total. The Labute approximate surface area is 113 Å². The van der Waals surface area contributed by atoms with Crippen LogP contribution in [0.3, 0.4) is 0 Å². The van der Waals surface area contributed by atoms with E-state index >= 15 is 0 Å². The lowest BCUT2D eigenvalue weighted by Crippen LogP contribution is -2.47. The molecule has 0 radical (unpaired) electrons. The van der Waals surface area contributed by atoms with Gasteiger partial charge >= 0.3 is 0 Å². The second-order valence-electron chi connectivity index (χ2n) is 4.39. The number of halogens is 2. The van der Waals surface area contributed by atoms with Gasteiger partial charge in [0.15, 0.2) is 0 Å². The Balaban J connectivity index is 1.97. The van der Waals surface area contributed by atoms with Crippen molar-refractivity contribution in [2.45, 2.75) is 24.9 Å². The van der Waals surface area contributed by atoms with E-state index in [0.717, 1.165) is 23.7 Å². The van der Waals surface area contributed by atoms with Crippen LogP contribution in [0.15, 0.2) is 22.7 Å². The van der Waals surface area contributed by atoms with E-state index in [1.165, 1.54) is 0 Å². The second kappa shape index (κ2) is 4.96. The van der Waals surface area contributed by atoms with E-state index in [-0.39, 0.29) is 5.91 Å². The van der Waals surface area contributed by atoms with Crippen LogP contribution in [-0.2, 0) is 0 Å². The van der Waals surface area contributed by atoms with Crippen LogP contribution in [0.1, 0.15) is 29.6 Å². The Bertz CT molecular complexity index is 446. The van der Waals surface area contributed by atoms with Crippen molar-refractivity contribution in [1.29, 1.82) is 0 Å². The Morgan fingerprint density at radius 1 is 1.53 bits per heavy atom. The predicted octanol–water partition coefficient (Wildman–Crippen LogP) is 2.75. The Morgan fingerprint density at radius 3 is 2.76 bits per heavy atom. The largest absolute Gasteiger partial charge is 0.388 e. The molecule has 0 aromatic heterocycles. The van der Waals surface area contributed by atoms with E-state index in [9.17, 15) is 9.90 Å². The van der Waals surface area contributed by atoms with Gasteiger partial charge in [-0.3, -0.25) is 4.79 Å². The summed E-state index contributed by atoms with van der Waals surface area (Å²) in [4.78, 5) is 11.8. The highest BCUT2D eigenvalue weighted by Gasteiger charge is 2.34. The van der Waals surface area contributed by atoms with Gasteiger partial charge in [0, 0.05) is 16.6 Å². The Kier molecular flexibility index (Phi) is 3.76. The summed E-state index contributed by atoms with van der Waals surface area (Å²) in [6.45, 7) is 0.305. The number of amides is 1. The van der Waals surface area contributed by atoms with Crippen molar-refractivity contribution in [3.05, 3.63) is 33.3 Å². The van der Waals surface area contributed by atoms with Gasteiger partial charge in [0.1, 0.15) is 0 Å². The van der Waals surface area contributed by atoms with Gasteiger partial charge in [-0.25, -0.2) is 0 Å². The zero-order chi connectivity index (χ0) is 12.5. The molecule has 0 heterocycles. The van der Waals surface area contributed by atoms with Crippen molar-refractivity contribution in [3.63, 3.8) is 0 Å². The highest BCUT2D eigenvalue weighted by atomic mass is 79.9. The molecule has 1 saturated carbocycles. The Morgan fingerprint density at radius 2 is 2.24 bits per heavy atom. The SMILES string of the molecule is O=C(NCC1(O)CCC1)c1ccc(Br)c(Cl)c1. The van der Waals surface area contributed by atoms with Crippen LogP contribution in [0.25, 0.3) is 0 Å². The lowest BCUT2D eigenvalue weighted by Gasteiger charge is -2.36. The highest BCUT2D eigenvalue weighted by Crippen LogP contribution is 2.30. The zero-order valence-corrected chi connectivity index (χ0v) is 11.5. The summed E-state index contributed by atoms with van der Waals surface area (Å²) >= 11 is 9.18. The summed E-state index contributed by atoms with van der Waals surface area (Å²) in [5.74, 6) is -0.209. The second-order valence-corrected chi connectivity index (χ2v) is 5.65. The van der Waals surface area contributed by atoms with Gasteiger partial charge in [0.25, 0.3) is 5.91 Å². The first-order valence-corrected chi connectivity index (χ1v) is 6.63. The van der Waals surface area contributed by atoms with Crippen LogP contribution >= 0.6 is 27.5 Å². The summed E-state index contributed by atoms with van der Waals surface area (Å²) < 4.78 is 0.758. The molecule has 3 nitrogen and oxygen atoms in total. The van der Waals surface area contributed by atoms with Crippen molar-refractivity contribution in [3.8, 4) is 0 Å². The summed E-state index contributed by atoms with van der Waals surface area (Å²) in [6.07, 6.45) is 2.54. The van der Waals surface area contributed by atoms with E-state index in [0.29, 0.717) is 17.1 Å². The number of carbonyl (C=O) groups excluding carboxylic acids is 1. The van der Waals surface area contributed by atoms with E-state index in [2.05, 4.69) is 21.2 Å². The molecule has 0 atom stereocenters. The molecular formula is C12H13BrClNO2. The molecular weight excluding hydrogens is 305 g/mol. The number of aliphatic hydroxyl groups is 1. The zero-order valence-electron chi connectivity index (χ0n) is 9.17. The number of nitrogens with one attached hydrogen (secondary N) is 1. The normalized spacial score (nSPS) is 17.4. The van der Waals surface area contributed by atoms with Crippen molar-refractivity contribution in [2.75, 3.05) is 6.54 Å². The number of benzene rings is 1. The molecule has 1 aliphatic carbocycles. The van der Waals surface area contributed by atoms with Crippen LogP contribution in [0, 0.1) is 0 Å². The summed E-state index contributed by atoms with van der Waals surface area (Å²) in [5, 5.41) is 13.1. The molecule has 1 aromatic rings. The third-order valence-corrected chi connectivity index (χ3v) is 4.28. The van der Waals surface area contributed by atoms with Crippen LogP contribution in [0.5, 0.6) is 0 Å². The van der Waals surface area contributed by atoms with E-state index in [4.69, 9.17) is 11.6 Å². The molecule has 1 aromatic carbocycles. The molecule has 17 heavy (non-hydrogen) atoms. The van der Waals surface area contributed by atoms with Crippen molar-refractivity contribution in [1.82, 2.24) is 5.32 Å². The monoisotopic (exact) mass is 317 g/mol. The first kappa shape index (κ1) is 12.9. The molecule has 1 aliphatic rings. The number of hydrogen-bond donors (Lipinski definition) is 2. The van der Waals surface area contributed by atoms with Crippen molar-refractivity contribution < 1.29 is 9.90 Å². The van der Waals surface area contributed by atoms with Gasteiger partial charge < -0.3 is 10.4 Å². The molecule has 92 valence electrons. The summed E-state index contributed by atoms with van der Waals surface area (Å²) in [7, 11) is 0. The van der Waals surface area contributed by atoms with Gasteiger partial charge in [-0.05, 0) is 53.4 Å². The fourth-order valence-corrected chi connectivity index (χ4v) is 2.17. The van der Waals surface area contributed by atoms with Gasteiger partial charge in [-0.1, -0.05) is 11.6 Å². The van der Waals surface area contributed by atoms with Gasteiger partial charge in [0.05, 0.1) is 10.6 Å². The molecule has 0 saturated heterocycles. The minimum atomic E-state index is -0.700. The topological polar surface area (TPSA) is 49.3 Å². The van der Waals surface area contributed by atoms with E-state index in [1.807, 2.05) is 0 Å². The summed E-state index contributed by atoms with van der Waals surface area (Å²) in [5.41, 5.74) is -0.199. The molecule has 1 amide bonds. The predicted molar refractivity (Wildman–Crippen MR) is 70.3 cm³/mol. The van der Waals surface area contributed by atoms with Gasteiger partial charge in [-0.2, -0.15) is 0 Å². The average molecular weight is 319 g/mol. The number of carbonyl (C=O) groups is 1. The molecule has 0 unspecified atom stereocenters. The minimum Gasteiger partial charge on any atom is -0.388 e.